The third kappa shape index (κ3) is 2.23. The average Bonchev–Trinajstić information content (AvgIpc) is 2.22. The van der Waals surface area contributed by atoms with Gasteiger partial charge in [-0.15, -0.1) is 0 Å². The van der Waals surface area contributed by atoms with Gasteiger partial charge in [-0.05, 0) is 37.6 Å². The van der Waals surface area contributed by atoms with E-state index in [0.29, 0.717) is 6.10 Å². The van der Waals surface area contributed by atoms with Crippen molar-refractivity contribution in [1.82, 2.24) is 0 Å². The number of hydrogen-bond donors (Lipinski definition) is 1. The van der Waals surface area contributed by atoms with Crippen molar-refractivity contribution in [3.8, 4) is 0 Å². The number of hydrogen-bond acceptors (Lipinski definition) is 3. The van der Waals surface area contributed by atoms with Crippen molar-refractivity contribution >= 4 is 11.4 Å². The van der Waals surface area contributed by atoms with Gasteiger partial charge in [-0.25, -0.2) is 0 Å². The van der Waals surface area contributed by atoms with Crippen LogP contribution in [0.1, 0.15) is 12.5 Å². The highest BCUT2D eigenvalue weighted by Gasteiger charge is 2.16. The molecule has 0 spiro atoms. The van der Waals surface area contributed by atoms with Gasteiger partial charge in [-0.2, -0.15) is 0 Å². The molecule has 15 heavy (non-hydrogen) atoms. The van der Waals surface area contributed by atoms with Crippen molar-refractivity contribution in [2.24, 2.45) is 0 Å². The standard InChI is InChI=1S/C12H18N2O/c1-9-7-11(3-4-12(9)13)14-5-6-15-10(2)8-14/h3-4,7,10H,5-6,8,13H2,1-2H3. The van der Waals surface area contributed by atoms with E-state index < -0.39 is 0 Å². The second-order valence-electron chi connectivity index (χ2n) is 4.17. The van der Waals surface area contributed by atoms with Gasteiger partial charge in [0.15, 0.2) is 0 Å². The molecule has 1 unspecified atom stereocenters. The third-order valence-electron chi connectivity index (χ3n) is 2.86. The van der Waals surface area contributed by atoms with E-state index in [1.54, 1.807) is 0 Å². The summed E-state index contributed by atoms with van der Waals surface area (Å²) in [5.74, 6) is 0. The molecular weight excluding hydrogens is 188 g/mol. The highest BCUT2D eigenvalue weighted by atomic mass is 16.5. The van der Waals surface area contributed by atoms with Gasteiger partial charge in [-0.3, -0.25) is 0 Å². The van der Waals surface area contributed by atoms with Crippen LogP contribution < -0.4 is 10.6 Å². The number of nitrogen functional groups attached to an aromatic ring is 1. The maximum Gasteiger partial charge on any atom is 0.0722 e. The predicted octanol–water partition coefficient (Wildman–Crippen LogP) is 1.80. The van der Waals surface area contributed by atoms with Crippen LogP contribution in [0, 0.1) is 6.92 Å². The number of ether oxygens (including phenoxy) is 1. The fourth-order valence-corrected chi connectivity index (χ4v) is 1.91. The van der Waals surface area contributed by atoms with Crippen LogP contribution in [0.25, 0.3) is 0 Å². The summed E-state index contributed by atoms with van der Waals surface area (Å²) in [6, 6.07) is 6.21. The summed E-state index contributed by atoms with van der Waals surface area (Å²) < 4.78 is 5.52. The van der Waals surface area contributed by atoms with E-state index in [0.717, 1.165) is 30.9 Å². The smallest absolute Gasteiger partial charge is 0.0722 e. The van der Waals surface area contributed by atoms with Gasteiger partial charge in [0.2, 0.25) is 0 Å². The fourth-order valence-electron chi connectivity index (χ4n) is 1.91. The number of nitrogens with zero attached hydrogens (tertiary/aromatic N) is 1. The molecule has 82 valence electrons. The quantitative estimate of drug-likeness (QED) is 0.712. The molecule has 3 nitrogen and oxygen atoms in total. The van der Waals surface area contributed by atoms with Crippen molar-refractivity contribution < 1.29 is 4.74 Å². The number of benzene rings is 1. The van der Waals surface area contributed by atoms with Crippen LogP contribution in [0.4, 0.5) is 11.4 Å². The monoisotopic (exact) mass is 206 g/mol. The lowest BCUT2D eigenvalue weighted by atomic mass is 10.1. The molecule has 0 saturated carbocycles. The molecule has 1 saturated heterocycles. The molecule has 0 aliphatic carbocycles. The summed E-state index contributed by atoms with van der Waals surface area (Å²) >= 11 is 0. The lowest BCUT2D eigenvalue weighted by molar-refractivity contribution is 0.0532. The zero-order valence-electron chi connectivity index (χ0n) is 9.36. The van der Waals surface area contributed by atoms with Crippen LogP contribution in [-0.4, -0.2) is 25.8 Å². The first-order valence-electron chi connectivity index (χ1n) is 5.39. The molecule has 2 rings (SSSR count). The Kier molecular flexibility index (Phi) is 2.82. The molecule has 2 N–H and O–H groups in total. The Hall–Kier alpha value is -1.22. The molecule has 1 aromatic carbocycles. The Morgan fingerprint density at radius 2 is 2.27 bits per heavy atom. The second kappa shape index (κ2) is 4.11. The van der Waals surface area contributed by atoms with Gasteiger partial charge in [0.1, 0.15) is 0 Å². The molecule has 0 radical (unpaired) electrons. The van der Waals surface area contributed by atoms with Crippen LogP contribution in [0.5, 0.6) is 0 Å². The highest BCUT2D eigenvalue weighted by Crippen LogP contribution is 2.22. The van der Waals surface area contributed by atoms with Gasteiger partial charge in [0.25, 0.3) is 0 Å². The van der Waals surface area contributed by atoms with Gasteiger partial charge >= 0.3 is 0 Å². The molecule has 0 amide bonds. The largest absolute Gasteiger partial charge is 0.399 e. The maximum absolute atomic E-state index is 5.80. The summed E-state index contributed by atoms with van der Waals surface area (Å²) in [7, 11) is 0. The Morgan fingerprint density at radius 1 is 1.47 bits per heavy atom. The maximum atomic E-state index is 5.80. The molecule has 3 heteroatoms. The van der Waals surface area contributed by atoms with Gasteiger partial charge in [0.05, 0.1) is 12.7 Å². The summed E-state index contributed by atoms with van der Waals surface area (Å²) in [4.78, 5) is 2.35. The van der Waals surface area contributed by atoms with E-state index in [9.17, 15) is 0 Å². The molecule has 0 aromatic heterocycles. The summed E-state index contributed by atoms with van der Waals surface area (Å²) in [6.07, 6.45) is 0.316. The van der Waals surface area contributed by atoms with Crippen LogP contribution in [0.2, 0.25) is 0 Å². The molecule has 1 fully saturated rings. The number of morpholine rings is 1. The van der Waals surface area contributed by atoms with Crippen LogP contribution >= 0.6 is 0 Å². The Labute approximate surface area is 90.8 Å². The average molecular weight is 206 g/mol. The van der Waals surface area contributed by atoms with Crippen molar-refractivity contribution in [3.05, 3.63) is 23.8 Å². The van der Waals surface area contributed by atoms with Crippen LogP contribution in [0.15, 0.2) is 18.2 Å². The number of anilines is 2. The summed E-state index contributed by atoms with van der Waals surface area (Å²) in [5, 5.41) is 0. The molecule has 1 aliphatic rings. The molecule has 1 aliphatic heterocycles. The minimum atomic E-state index is 0.316. The Bertz CT molecular complexity index is 351. The molecular formula is C12H18N2O. The minimum Gasteiger partial charge on any atom is -0.399 e. The van der Waals surface area contributed by atoms with E-state index >= 15 is 0 Å². The first-order chi connectivity index (χ1) is 7.16. The first kappa shape index (κ1) is 10.3. The number of aryl methyl sites for hydroxylation is 1. The molecule has 1 aromatic rings. The zero-order valence-corrected chi connectivity index (χ0v) is 9.36. The lowest BCUT2D eigenvalue weighted by Gasteiger charge is -2.33. The van der Waals surface area contributed by atoms with Crippen molar-refractivity contribution in [2.75, 3.05) is 30.3 Å². The molecule has 1 heterocycles. The van der Waals surface area contributed by atoms with E-state index in [1.807, 2.05) is 13.0 Å². The van der Waals surface area contributed by atoms with Gasteiger partial charge < -0.3 is 15.4 Å². The van der Waals surface area contributed by atoms with E-state index in [1.165, 1.54) is 5.69 Å². The number of nitrogens with two attached hydrogens (primary N) is 1. The first-order valence-corrected chi connectivity index (χ1v) is 5.39. The second-order valence-corrected chi connectivity index (χ2v) is 4.17. The van der Waals surface area contributed by atoms with E-state index in [2.05, 4.69) is 24.0 Å². The third-order valence-corrected chi connectivity index (χ3v) is 2.86. The zero-order chi connectivity index (χ0) is 10.8. The Balaban J connectivity index is 2.18. The fraction of sp³-hybridized carbons (Fsp3) is 0.500. The lowest BCUT2D eigenvalue weighted by Crippen LogP contribution is -2.41. The SMILES string of the molecule is Cc1cc(N2CCOC(C)C2)ccc1N. The Morgan fingerprint density at radius 3 is 2.93 bits per heavy atom. The number of rotatable bonds is 1. The topological polar surface area (TPSA) is 38.5 Å². The minimum absolute atomic E-state index is 0.316. The summed E-state index contributed by atoms with van der Waals surface area (Å²) in [6.45, 7) is 6.89. The van der Waals surface area contributed by atoms with Crippen LogP contribution in [-0.2, 0) is 4.74 Å². The van der Waals surface area contributed by atoms with Crippen LogP contribution in [0.3, 0.4) is 0 Å². The normalized spacial score (nSPS) is 21.7. The van der Waals surface area contributed by atoms with Crippen molar-refractivity contribution in [3.63, 3.8) is 0 Å². The highest BCUT2D eigenvalue weighted by molar-refractivity contribution is 5.58. The van der Waals surface area contributed by atoms with Gasteiger partial charge in [-0.1, -0.05) is 0 Å². The van der Waals surface area contributed by atoms with E-state index in [4.69, 9.17) is 10.5 Å². The van der Waals surface area contributed by atoms with E-state index in [-0.39, 0.29) is 0 Å². The molecule has 0 bridgehead atoms. The van der Waals surface area contributed by atoms with Gasteiger partial charge in [0, 0.05) is 24.5 Å². The van der Waals surface area contributed by atoms with Crippen molar-refractivity contribution in [2.45, 2.75) is 20.0 Å². The van der Waals surface area contributed by atoms with Crippen molar-refractivity contribution in [1.29, 1.82) is 0 Å². The summed E-state index contributed by atoms with van der Waals surface area (Å²) in [5.41, 5.74) is 9.06. The molecule has 1 atom stereocenters. The predicted molar refractivity (Wildman–Crippen MR) is 63.2 cm³/mol.